The van der Waals surface area contributed by atoms with Crippen LogP contribution in [0.5, 0.6) is 0 Å². The number of thiocarbonyl (C=S) groups is 1. The van der Waals surface area contributed by atoms with E-state index in [9.17, 15) is 4.79 Å². The van der Waals surface area contributed by atoms with Crippen molar-refractivity contribution in [1.29, 1.82) is 0 Å². The first-order valence-electron chi connectivity index (χ1n) is 12.9. The lowest BCUT2D eigenvalue weighted by Gasteiger charge is -2.29. The van der Waals surface area contributed by atoms with Crippen molar-refractivity contribution in [2.75, 3.05) is 10.2 Å². The smallest absolute Gasteiger partial charge is 0.226 e. The van der Waals surface area contributed by atoms with Crippen molar-refractivity contribution in [3.05, 3.63) is 107 Å². The van der Waals surface area contributed by atoms with Gasteiger partial charge in [0.15, 0.2) is 5.11 Å². The maximum atomic E-state index is 12.3. The van der Waals surface area contributed by atoms with Crippen LogP contribution in [0.2, 0.25) is 0 Å². The zero-order chi connectivity index (χ0) is 27.0. The predicted molar refractivity (Wildman–Crippen MR) is 158 cm³/mol. The summed E-state index contributed by atoms with van der Waals surface area (Å²) in [5, 5.41) is 7.22. The van der Waals surface area contributed by atoms with Crippen LogP contribution in [-0.2, 0) is 4.79 Å². The van der Waals surface area contributed by atoms with Crippen molar-refractivity contribution < 1.29 is 4.79 Å². The van der Waals surface area contributed by atoms with Gasteiger partial charge in [-0.3, -0.25) is 9.78 Å². The van der Waals surface area contributed by atoms with Gasteiger partial charge < -0.3 is 20.1 Å². The summed E-state index contributed by atoms with van der Waals surface area (Å²) >= 11 is 5.94. The van der Waals surface area contributed by atoms with Gasteiger partial charge in [-0.15, -0.1) is 0 Å². The molecular weight excluding hydrogens is 490 g/mol. The number of benzene rings is 2. The van der Waals surface area contributed by atoms with Crippen molar-refractivity contribution in [1.82, 2.24) is 14.9 Å². The average Bonchev–Trinajstić information content (AvgIpc) is 3.51. The molecule has 0 aliphatic carbocycles. The summed E-state index contributed by atoms with van der Waals surface area (Å²) in [6.45, 7) is 10.1. The quantitative estimate of drug-likeness (QED) is 0.280. The number of aromatic nitrogens is 2. The molecule has 0 radical (unpaired) electrons. The Morgan fingerprint density at radius 1 is 0.947 bits per heavy atom. The molecule has 0 saturated carbocycles. The van der Waals surface area contributed by atoms with Gasteiger partial charge in [0, 0.05) is 41.1 Å². The minimum absolute atomic E-state index is 0.00137. The molecule has 0 unspecified atom stereocenters. The van der Waals surface area contributed by atoms with Crippen LogP contribution in [0, 0.1) is 26.7 Å². The average molecular weight is 524 g/mol. The number of carbonyl (C=O) groups is 1. The van der Waals surface area contributed by atoms with Gasteiger partial charge >= 0.3 is 0 Å². The molecule has 0 spiro atoms. The summed E-state index contributed by atoms with van der Waals surface area (Å²) in [6.07, 6.45) is 3.92. The SMILES string of the molecule is Cc1ccc(-n2cccc2[C@@H]2[C@@H](c3ccccn3)NC(=S)N2c2ccc(NC(=O)C(C)C)c(C)c2)cc1C. The number of aryl methyl sites for hydroxylation is 3. The summed E-state index contributed by atoms with van der Waals surface area (Å²) in [6, 6.07) is 22.5. The van der Waals surface area contributed by atoms with Crippen LogP contribution in [0.25, 0.3) is 5.69 Å². The maximum absolute atomic E-state index is 12.3. The Bertz CT molecular complexity index is 1490. The molecule has 1 saturated heterocycles. The molecule has 2 aromatic heterocycles. The van der Waals surface area contributed by atoms with Crippen LogP contribution in [0.1, 0.15) is 54.0 Å². The molecule has 1 aliphatic rings. The molecule has 7 heteroatoms. The molecule has 0 bridgehead atoms. The van der Waals surface area contributed by atoms with Crippen LogP contribution >= 0.6 is 12.2 Å². The zero-order valence-corrected chi connectivity index (χ0v) is 23.2. The van der Waals surface area contributed by atoms with Gasteiger partial charge in [-0.2, -0.15) is 0 Å². The third kappa shape index (κ3) is 4.82. The van der Waals surface area contributed by atoms with Crippen molar-refractivity contribution in [3.8, 4) is 5.69 Å². The Labute approximate surface area is 229 Å². The Morgan fingerprint density at radius 2 is 1.71 bits per heavy atom. The minimum atomic E-state index is -0.149. The summed E-state index contributed by atoms with van der Waals surface area (Å²) in [5.74, 6) is -0.0929. The highest BCUT2D eigenvalue weighted by atomic mass is 32.1. The molecular formula is C31H33N5OS. The van der Waals surface area contributed by atoms with E-state index in [1.165, 1.54) is 11.1 Å². The molecule has 1 fully saturated rings. The van der Waals surface area contributed by atoms with Gasteiger partial charge in [-0.25, -0.2) is 0 Å². The van der Waals surface area contributed by atoms with Gasteiger partial charge in [0.05, 0.1) is 11.7 Å². The summed E-state index contributed by atoms with van der Waals surface area (Å²) in [5.41, 5.74) is 8.38. The summed E-state index contributed by atoms with van der Waals surface area (Å²) in [4.78, 5) is 19.2. The molecule has 2 atom stereocenters. The Hall–Kier alpha value is -3.97. The summed E-state index contributed by atoms with van der Waals surface area (Å²) < 4.78 is 2.24. The highest BCUT2D eigenvalue weighted by Crippen LogP contribution is 2.43. The van der Waals surface area contributed by atoms with Crippen molar-refractivity contribution >= 4 is 34.6 Å². The number of pyridine rings is 1. The third-order valence-corrected chi connectivity index (χ3v) is 7.54. The number of carbonyl (C=O) groups excluding carboxylic acids is 1. The van der Waals surface area contributed by atoms with E-state index in [0.29, 0.717) is 5.11 Å². The second-order valence-electron chi connectivity index (χ2n) is 10.2. The fourth-order valence-corrected chi connectivity index (χ4v) is 5.24. The van der Waals surface area contributed by atoms with Gasteiger partial charge in [0.2, 0.25) is 5.91 Å². The molecule has 6 nitrogen and oxygen atoms in total. The lowest BCUT2D eigenvalue weighted by atomic mass is 10.00. The number of hydrogen-bond donors (Lipinski definition) is 2. The van der Waals surface area contributed by atoms with Crippen LogP contribution in [0.4, 0.5) is 11.4 Å². The third-order valence-electron chi connectivity index (χ3n) is 7.22. The largest absolute Gasteiger partial charge is 0.351 e. The van der Waals surface area contributed by atoms with E-state index in [1.54, 1.807) is 0 Å². The molecule has 38 heavy (non-hydrogen) atoms. The molecule has 2 aromatic carbocycles. The lowest BCUT2D eigenvalue weighted by molar-refractivity contribution is -0.118. The number of nitrogens with zero attached hydrogens (tertiary/aromatic N) is 3. The van der Waals surface area contributed by atoms with E-state index in [1.807, 2.05) is 57.3 Å². The Balaban J connectivity index is 1.61. The van der Waals surface area contributed by atoms with Crippen LogP contribution < -0.4 is 15.5 Å². The maximum Gasteiger partial charge on any atom is 0.226 e. The number of rotatable bonds is 6. The van der Waals surface area contributed by atoms with E-state index in [0.717, 1.165) is 34.0 Å². The molecule has 1 aliphatic heterocycles. The molecule has 3 heterocycles. The molecule has 5 rings (SSSR count). The molecule has 194 valence electrons. The monoisotopic (exact) mass is 523 g/mol. The number of hydrogen-bond acceptors (Lipinski definition) is 3. The number of amides is 1. The lowest BCUT2D eigenvalue weighted by Crippen LogP contribution is -2.30. The first-order valence-corrected chi connectivity index (χ1v) is 13.3. The number of anilines is 2. The minimum Gasteiger partial charge on any atom is -0.351 e. The highest BCUT2D eigenvalue weighted by Gasteiger charge is 2.42. The van der Waals surface area contributed by atoms with Gasteiger partial charge in [-0.1, -0.05) is 26.0 Å². The standard InChI is InChI=1S/C31H33N5OS/c1-19(2)30(37)33-25-14-13-24(18-22(25)5)36-29(28(34-31(36)38)26-9-6-7-15-32-26)27-10-8-16-35(27)23-12-11-20(3)21(4)17-23/h6-19,28-29H,1-5H3,(H,33,37)(H,34,38)/t28-,29-/m1/s1. The molecule has 4 aromatic rings. The van der Waals surface area contributed by atoms with E-state index in [2.05, 4.69) is 81.5 Å². The fourth-order valence-electron chi connectivity index (χ4n) is 4.89. The van der Waals surface area contributed by atoms with Gasteiger partial charge in [0.1, 0.15) is 6.04 Å². The second kappa shape index (κ2) is 10.4. The van der Waals surface area contributed by atoms with Crippen molar-refractivity contribution in [2.45, 2.75) is 46.7 Å². The topological polar surface area (TPSA) is 62.2 Å². The van der Waals surface area contributed by atoms with E-state index >= 15 is 0 Å². The van der Waals surface area contributed by atoms with E-state index in [-0.39, 0.29) is 23.9 Å². The van der Waals surface area contributed by atoms with Crippen LogP contribution in [0.3, 0.4) is 0 Å². The second-order valence-corrected chi connectivity index (χ2v) is 10.6. The summed E-state index contributed by atoms with van der Waals surface area (Å²) in [7, 11) is 0. The van der Waals surface area contributed by atoms with Crippen LogP contribution in [-0.4, -0.2) is 20.6 Å². The highest BCUT2D eigenvalue weighted by molar-refractivity contribution is 7.80. The van der Waals surface area contributed by atoms with Crippen molar-refractivity contribution in [3.63, 3.8) is 0 Å². The fraction of sp³-hybridized carbons (Fsp3) is 0.258. The first kappa shape index (κ1) is 25.7. The zero-order valence-electron chi connectivity index (χ0n) is 22.4. The Kier molecular flexibility index (Phi) is 7.04. The molecule has 1 amide bonds. The van der Waals surface area contributed by atoms with E-state index in [4.69, 9.17) is 12.2 Å². The van der Waals surface area contributed by atoms with Crippen molar-refractivity contribution in [2.24, 2.45) is 5.92 Å². The van der Waals surface area contributed by atoms with E-state index < -0.39 is 0 Å². The van der Waals surface area contributed by atoms with Crippen LogP contribution in [0.15, 0.2) is 79.1 Å². The predicted octanol–water partition coefficient (Wildman–Crippen LogP) is 6.57. The van der Waals surface area contributed by atoms with Gasteiger partial charge in [-0.05, 0) is 104 Å². The normalized spacial score (nSPS) is 17.1. The number of nitrogens with one attached hydrogen (secondary N) is 2. The van der Waals surface area contributed by atoms with Gasteiger partial charge in [0.25, 0.3) is 0 Å². The Morgan fingerprint density at radius 3 is 2.39 bits per heavy atom. The molecule has 2 N–H and O–H groups in total. The first-order chi connectivity index (χ1) is 18.2.